The number of anilines is 1. The Bertz CT molecular complexity index is 569. The molecule has 0 atom stereocenters. The number of aromatic nitrogens is 1. The summed E-state index contributed by atoms with van der Waals surface area (Å²) < 4.78 is 0. The van der Waals surface area contributed by atoms with Crippen LogP contribution < -0.4 is 10.6 Å². The molecule has 0 bridgehead atoms. The molecule has 1 aromatic heterocycles. The molecule has 0 unspecified atom stereocenters. The summed E-state index contributed by atoms with van der Waals surface area (Å²) in [5, 5.41) is 6.46. The number of halogens is 1. The molecule has 4 nitrogen and oxygen atoms in total. The van der Waals surface area contributed by atoms with E-state index in [4.69, 9.17) is 11.6 Å². The first-order chi connectivity index (χ1) is 9.19. The fourth-order valence-corrected chi connectivity index (χ4v) is 1.71. The molecule has 1 heterocycles. The van der Waals surface area contributed by atoms with Gasteiger partial charge in [0.25, 0.3) is 5.91 Å². The molecule has 2 rings (SSSR count). The number of nitrogens with one attached hydrogen (secondary N) is 2. The Morgan fingerprint density at radius 2 is 2.00 bits per heavy atom. The third-order valence-electron chi connectivity index (χ3n) is 2.65. The number of benzene rings is 1. The summed E-state index contributed by atoms with van der Waals surface area (Å²) in [5.41, 5.74) is 2.23. The molecule has 0 radical (unpaired) electrons. The fraction of sp³-hybridized carbons (Fsp3) is 0.143. The summed E-state index contributed by atoms with van der Waals surface area (Å²) in [7, 11) is 1.80. The van der Waals surface area contributed by atoms with E-state index in [1.54, 1.807) is 37.5 Å². The second-order valence-electron chi connectivity index (χ2n) is 3.99. The van der Waals surface area contributed by atoms with Crippen LogP contribution in [0.4, 0.5) is 5.69 Å². The normalized spacial score (nSPS) is 10.0. The molecule has 0 aliphatic carbocycles. The van der Waals surface area contributed by atoms with E-state index in [9.17, 15) is 4.79 Å². The molecule has 2 N–H and O–H groups in total. The van der Waals surface area contributed by atoms with Crippen LogP contribution in [0.15, 0.2) is 42.6 Å². The zero-order chi connectivity index (χ0) is 13.7. The minimum absolute atomic E-state index is 0.202. The van der Waals surface area contributed by atoms with Gasteiger partial charge in [0.05, 0.1) is 0 Å². The van der Waals surface area contributed by atoms with Gasteiger partial charge in [-0.05, 0) is 29.8 Å². The van der Waals surface area contributed by atoms with Crippen LogP contribution in [-0.4, -0.2) is 17.9 Å². The molecule has 0 spiro atoms. The number of nitrogens with zero attached hydrogens (tertiary/aromatic N) is 1. The Hall–Kier alpha value is -2.07. The van der Waals surface area contributed by atoms with Crippen LogP contribution in [0.2, 0.25) is 5.02 Å². The molecule has 0 aliphatic heterocycles. The van der Waals surface area contributed by atoms with Crippen LogP contribution in [-0.2, 0) is 6.54 Å². The molecule has 0 saturated heterocycles. The smallest absolute Gasteiger partial charge is 0.270 e. The van der Waals surface area contributed by atoms with Crippen molar-refractivity contribution < 1.29 is 4.79 Å². The first-order valence-electron chi connectivity index (χ1n) is 5.85. The van der Waals surface area contributed by atoms with Gasteiger partial charge in [0, 0.05) is 30.5 Å². The predicted molar refractivity (Wildman–Crippen MR) is 76.4 cm³/mol. The topological polar surface area (TPSA) is 54.0 Å². The van der Waals surface area contributed by atoms with Crippen LogP contribution in [0, 0.1) is 0 Å². The number of carbonyl (C=O) groups excluding carboxylic acids is 1. The van der Waals surface area contributed by atoms with Crippen molar-refractivity contribution in [2.75, 3.05) is 12.4 Å². The SMILES string of the molecule is CNc1ccnc(C(=O)NCc2ccc(Cl)cc2)c1. The van der Waals surface area contributed by atoms with Crippen molar-refractivity contribution in [3.05, 3.63) is 58.9 Å². The number of carbonyl (C=O) groups is 1. The predicted octanol–water partition coefficient (Wildman–Crippen LogP) is 2.71. The third-order valence-corrected chi connectivity index (χ3v) is 2.90. The number of amides is 1. The largest absolute Gasteiger partial charge is 0.388 e. The summed E-state index contributed by atoms with van der Waals surface area (Å²) in [6.07, 6.45) is 1.60. The highest BCUT2D eigenvalue weighted by atomic mass is 35.5. The molecule has 5 heteroatoms. The Morgan fingerprint density at radius 3 is 2.68 bits per heavy atom. The van der Waals surface area contributed by atoms with Crippen LogP contribution in [0.5, 0.6) is 0 Å². The lowest BCUT2D eigenvalue weighted by atomic mass is 10.2. The maximum absolute atomic E-state index is 11.9. The first-order valence-corrected chi connectivity index (χ1v) is 6.23. The van der Waals surface area contributed by atoms with Gasteiger partial charge in [-0.3, -0.25) is 9.78 Å². The molecule has 1 amide bonds. The quantitative estimate of drug-likeness (QED) is 0.902. The monoisotopic (exact) mass is 275 g/mol. The van der Waals surface area contributed by atoms with E-state index >= 15 is 0 Å². The summed E-state index contributed by atoms with van der Waals surface area (Å²) >= 11 is 5.80. The zero-order valence-corrected chi connectivity index (χ0v) is 11.2. The molecule has 0 fully saturated rings. The number of hydrogen-bond donors (Lipinski definition) is 2. The third kappa shape index (κ3) is 3.69. The van der Waals surface area contributed by atoms with E-state index in [-0.39, 0.29) is 5.91 Å². The Labute approximate surface area is 116 Å². The number of hydrogen-bond acceptors (Lipinski definition) is 3. The molecule has 98 valence electrons. The van der Waals surface area contributed by atoms with Gasteiger partial charge < -0.3 is 10.6 Å². The van der Waals surface area contributed by atoms with E-state index in [1.165, 1.54) is 0 Å². The van der Waals surface area contributed by atoms with Crippen molar-refractivity contribution >= 4 is 23.2 Å². The number of pyridine rings is 1. The highest BCUT2D eigenvalue weighted by Crippen LogP contribution is 2.10. The second kappa shape index (κ2) is 6.20. The van der Waals surface area contributed by atoms with Gasteiger partial charge in [-0.1, -0.05) is 23.7 Å². The van der Waals surface area contributed by atoms with E-state index in [0.717, 1.165) is 11.3 Å². The average Bonchev–Trinajstić information content (AvgIpc) is 2.46. The molecular formula is C14H14ClN3O. The second-order valence-corrected chi connectivity index (χ2v) is 4.43. The van der Waals surface area contributed by atoms with Crippen molar-refractivity contribution in [2.45, 2.75) is 6.54 Å². The van der Waals surface area contributed by atoms with Gasteiger partial charge in [0.2, 0.25) is 0 Å². The van der Waals surface area contributed by atoms with E-state index < -0.39 is 0 Å². The van der Waals surface area contributed by atoms with Gasteiger partial charge in [-0.25, -0.2) is 0 Å². The van der Waals surface area contributed by atoms with Crippen molar-refractivity contribution in [2.24, 2.45) is 0 Å². The van der Waals surface area contributed by atoms with Crippen LogP contribution in [0.25, 0.3) is 0 Å². The zero-order valence-electron chi connectivity index (χ0n) is 10.5. The molecule has 1 aromatic carbocycles. The van der Waals surface area contributed by atoms with Gasteiger partial charge in [-0.15, -0.1) is 0 Å². The summed E-state index contributed by atoms with van der Waals surface area (Å²) in [4.78, 5) is 16.0. The maximum Gasteiger partial charge on any atom is 0.270 e. The summed E-state index contributed by atoms with van der Waals surface area (Å²) in [6, 6.07) is 10.8. The Balaban J connectivity index is 1.99. The minimum Gasteiger partial charge on any atom is -0.388 e. The fourth-order valence-electron chi connectivity index (χ4n) is 1.59. The molecule has 0 aliphatic rings. The van der Waals surface area contributed by atoms with Gasteiger partial charge in [-0.2, -0.15) is 0 Å². The lowest BCUT2D eigenvalue weighted by Gasteiger charge is -2.06. The molecule has 2 aromatic rings. The average molecular weight is 276 g/mol. The van der Waals surface area contributed by atoms with E-state index in [0.29, 0.717) is 17.3 Å². The lowest BCUT2D eigenvalue weighted by molar-refractivity contribution is 0.0946. The van der Waals surface area contributed by atoms with Gasteiger partial charge in [0.1, 0.15) is 5.69 Å². The molecule has 0 saturated carbocycles. The first kappa shape index (κ1) is 13.4. The van der Waals surface area contributed by atoms with Crippen molar-refractivity contribution in [3.63, 3.8) is 0 Å². The van der Waals surface area contributed by atoms with Gasteiger partial charge in [0.15, 0.2) is 0 Å². The van der Waals surface area contributed by atoms with Gasteiger partial charge >= 0.3 is 0 Å². The van der Waals surface area contributed by atoms with Crippen molar-refractivity contribution in [1.82, 2.24) is 10.3 Å². The van der Waals surface area contributed by atoms with Crippen LogP contribution in [0.1, 0.15) is 16.1 Å². The van der Waals surface area contributed by atoms with Crippen LogP contribution >= 0.6 is 11.6 Å². The highest BCUT2D eigenvalue weighted by Gasteiger charge is 2.07. The summed E-state index contributed by atoms with van der Waals surface area (Å²) in [6.45, 7) is 0.446. The standard InChI is InChI=1S/C14H14ClN3O/c1-16-12-6-7-17-13(8-12)14(19)18-9-10-2-4-11(15)5-3-10/h2-8H,9H2,1H3,(H,16,17)(H,18,19). The Morgan fingerprint density at radius 1 is 1.26 bits per heavy atom. The van der Waals surface area contributed by atoms with E-state index in [2.05, 4.69) is 15.6 Å². The molecular weight excluding hydrogens is 262 g/mol. The van der Waals surface area contributed by atoms with Crippen LogP contribution in [0.3, 0.4) is 0 Å². The Kier molecular flexibility index (Phi) is 4.36. The van der Waals surface area contributed by atoms with E-state index in [1.807, 2.05) is 12.1 Å². The lowest BCUT2D eigenvalue weighted by Crippen LogP contribution is -2.23. The van der Waals surface area contributed by atoms with Crippen molar-refractivity contribution in [3.8, 4) is 0 Å². The molecule has 19 heavy (non-hydrogen) atoms. The van der Waals surface area contributed by atoms with Crippen molar-refractivity contribution in [1.29, 1.82) is 0 Å². The summed E-state index contributed by atoms with van der Waals surface area (Å²) in [5.74, 6) is -0.202. The maximum atomic E-state index is 11.9. The number of rotatable bonds is 4. The highest BCUT2D eigenvalue weighted by molar-refractivity contribution is 6.30. The minimum atomic E-state index is -0.202.